The van der Waals surface area contributed by atoms with Gasteiger partial charge < -0.3 is 24.1 Å². The van der Waals surface area contributed by atoms with Crippen molar-refractivity contribution in [2.75, 3.05) is 33.0 Å². The molecule has 184 valence electrons. The molecule has 0 bridgehead atoms. The Morgan fingerprint density at radius 2 is 1.46 bits per heavy atom. The molecule has 1 N–H and O–H groups in total. The highest BCUT2D eigenvalue weighted by Crippen LogP contribution is 2.16. The van der Waals surface area contributed by atoms with E-state index in [-0.39, 0.29) is 31.2 Å². The van der Waals surface area contributed by atoms with Crippen molar-refractivity contribution in [3.05, 3.63) is 90.5 Å². The van der Waals surface area contributed by atoms with E-state index in [4.69, 9.17) is 24.1 Å². The van der Waals surface area contributed by atoms with Crippen molar-refractivity contribution in [1.29, 1.82) is 0 Å². The van der Waals surface area contributed by atoms with Gasteiger partial charge in [-0.1, -0.05) is 31.4 Å². The van der Waals surface area contributed by atoms with Crippen LogP contribution in [-0.2, 0) is 19.1 Å². The standard InChI is InChI=1S/C27H28O8/c1-3-26(30)34-16-4-15-32-24-12-8-22(9-13-24)25(29)14-7-21-5-10-23(11-6-21)33-17-18-35-27(31)20(2)19-28/h3,5-14,28H,1-2,4,15-19H2/b14-7+. The molecule has 0 heterocycles. The summed E-state index contributed by atoms with van der Waals surface area (Å²) in [5.74, 6) is -0.0802. The molecule has 0 aromatic heterocycles. The van der Waals surface area contributed by atoms with E-state index in [1.54, 1.807) is 54.6 Å². The average Bonchev–Trinajstić information content (AvgIpc) is 2.89. The molecule has 0 atom stereocenters. The summed E-state index contributed by atoms with van der Waals surface area (Å²) in [4.78, 5) is 34.7. The van der Waals surface area contributed by atoms with Crippen molar-refractivity contribution in [3.8, 4) is 11.5 Å². The molecule has 8 nitrogen and oxygen atoms in total. The number of allylic oxidation sites excluding steroid dienone is 1. The number of rotatable bonds is 15. The molecule has 2 aromatic rings. The van der Waals surface area contributed by atoms with Gasteiger partial charge in [-0.3, -0.25) is 4.79 Å². The third-order valence-electron chi connectivity index (χ3n) is 4.48. The average molecular weight is 481 g/mol. The number of aliphatic hydroxyl groups is 1. The third kappa shape index (κ3) is 10.1. The first-order valence-electron chi connectivity index (χ1n) is 10.9. The summed E-state index contributed by atoms with van der Waals surface area (Å²) in [6.45, 7) is 7.06. The molecule has 0 radical (unpaired) electrons. The number of benzene rings is 2. The summed E-state index contributed by atoms with van der Waals surface area (Å²) in [7, 11) is 0. The summed E-state index contributed by atoms with van der Waals surface area (Å²) < 4.78 is 20.8. The molecule has 0 fully saturated rings. The van der Waals surface area contributed by atoms with Crippen LogP contribution in [0.2, 0.25) is 0 Å². The number of carbonyl (C=O) groups excluding carboxylic acids is 3. The lowest BCUT2D eigenvalue weighted by Gasteiger charge is -2.08. The normalized spacial score (nSPS) is 10.4. The lowest BCUT2D eigenvalue weighted by molar-refractivity contribution is -0.140. The molecule has 0 unspecified atom stereocenters. The highest BCUT2D eigenvalue weighted by molar-refractivity contribution is 6.06. The van der Waals surface area contributed by atoms with Gasteiger partial charge in [0.1, 0.15) is 24.7 Å². The van der Waals surface area contributed by atoms with Crippen LogP contribution in [0.5, 0.6) is 11.5 Å². The van der Waals surface area contributed by atoms with E-state index in [1.165, 1.54) is 6.08 Å². The van der Waals surface area contributed by atoms with E-state index >= 15 is 0 Å². The van der Waals surface area contributed by atoms with Crippen LogP contribution in [0.25, 0.3) is 6.08 Å². The van der Waals surface area contributed by atoms with Crippen LogP contribution in [-0.4, -0.2) is 55.9 Å². The minimum atomic E-state index is -0.660. The fourth-order valence-corrected chi connectivity index (χ4v) is 2.60. The van der Waals surface area contributed by atoms with E-state index in [1.807, 2.05) is 0 Å². The van der Waals surface area contributed by atoms with Gasteiger partial charge in [0, 0.05) is 18.1 Å². The highest BCUT2D eigenvalue weighted by atomic mass is 16.6. The minimum Gasteiger partial charge on any atom is -0.493 e. The molecule has 8 heteroatoms. The smallest absolute Gasteiger partial charge is 0.335 e. The van der Waals surface area contributed by atoms with Crippen LogP contribution in [0.4, 0.5) is 0 Å². The largest absolute Gasteiger partial charge is 0.493 e. The lowest BCUT2D eigenvalue weighted by atomic mass is 10.1. The summed E-state index contributed by atoms with van der Waals surface area (Å²) in [5, 5.41) is 8.81. The Morgan fingerprint density at radius 1 is 0.829 bits per heavy atom. The van der Waals surface area contributed by atoms with Gasteiger partial charge in [0.15, 0.2) is 5.78 Å². The zero-order valence-corrected chi connectivity index (χ0v) is 19.3. The zero-order valence-electron chi connectivity index (χ0n) is 19.3. The van der Waals surface area contributed by atoms with Crippen molar-refractivity contribution < 1.29 is 38.4 Å². The van der Waals surface area contributed by atoms with Crippen molar-refractivity contribution in [2.45, 2.75) is 6.42 Å². The van der Waals surface area contributed by atoms with Crippen LogP contribution >= 0.6 is 0 Å². The Bertz CT molecular complexity index is 1040. The first-order chi connectivity index (χ1) is 16.9. The zero-order chi connectivity index (χ0) is 25.5. The minimum absolute atomic E-state index is 0.0133. The molecule has 0 aliphatic rings. The van der Waals surface area contributed by atoms with Gasteiger partial charge in [-0.25, -0.2) is 9.59 Å². The predicted octanol–water partition coefficient (Wildman–Crippen LogP) is 3.55. The highest BCUT2D eigenvalue weighted by Gasteiger charge is 2.07. The van der Waals surface area contributed by atoms with Crippen molar-refractivity contribution in [2.24, 2.45) is 0 Å². The van der Waals surface area contributed by atoms with Crippen LogP contribution in [0.15, 0.2) is 79.4 Å². The molecule has 0 aliphatic heterocycles. The molecule has 0 saturated carbocycles. The molecular weight excluding hydrogens is 452 g/mol. The van der Waals surface area contributed by atoms with E-state index in [9.17, 15) is 14.4 Å². The molecule has 0 spiro atoms. The second-order valence-corrected chi connectivity index (χ2v) is 7.11. The van der Waals surface area contributed by atoms with Gasteiger partial charge >= 0.3 is 11.9 Å². The number of esters is 2. The van der Waals surface area contributed by atoms with Gasteiger partial charge in [-0.05, 0) is 48.0 Å². The van der Waals surface area contributed by atoms with Crippen LogP contribution < -0.4 is 9.47 Å². The third-order valence-corrected chi connectivity index (χ3v) is 4.48. The van der Waals surface area contributed by atoms with Gasteiger partial charge in [-0.2, -0.15) is 0 Å². The van der Waals surface area contributed by atoms with E-state index in [0.717, 1.165) is 11.6 Å². The lowest BCUT2D eigenvalue weighted by Crippen LogP contribution is -2.14. The number of ketones is 1. The van der Waals surface area contributed by atoms with E-state index in [2.05, 4.69) is 13.2 Å². The molecule has 0 amide bonds. The number of hydrogen-bond donors (Lipinski definition) is 1. The summed E-state index contributed by atoms with van der Waals surface area (Å²) in [6, 6.07) is 13.8. The Labute approximate surface area is 204 Å². The number of hydrogen-bond acceptors (Lipinski definition) is 8. The Kier molecular flexibility index (Phi) is 11.5. The number of aliphatic hydroxyl groups excluding tert-OH is 1. The number of carbonyl (C=O) groups is 3. The van der Waals surface area contributed by atoms with Crippen molar-refractivity contribution in [1.82, 2.24) is 0 Å². The first kappa shape index (κ1) is 27.1. The molecular formula is C27H28O8. The second-order valence-electron chi connectivity index (χ2n) is 7.11. The van der Waals surface area contributed by atoms with Gasteiger partial charge in [0.2, 0.25) is 0 Å². The molecule has 35 heavy (non-hydrogen) atoms. The Hall–Kier alpha value is -4.17. The Balaban J connectivity index is 1.74. The topological polar surface area (TPSA) is 108 Å². The maximum Gasteiger partial charge on any atom is 0.335 e. The SMILES string of the molecule is C=CC(=O)OCCCOc1ccc(C(=O)/C=C/c2ccc(OCCOC(=O)C(=C)CO)cc2)cc1. The quantitative estimate of drug-likeness (QED) is 0.178. The van der Waals surface area contributed by atoms with Crippen molar-refractivity contribution >= 4 is 23.8 Å². The van der Waals surface area contributed by atoms with Gasteiger partial charge in [-0.15, -0.1) is 0 Å². The second kappa shape index (κ2) is 14.9. The number of ether oxygens (including phenoxy) is 4. The molecule has 0 aliphatic carbocycles. The molecule has 2 aromatic carbocycles. The Morgan fingerprint density at radius 3 is 2.09 bits per heavy atom. The van der Waals surface area contributed by atoms with Crippen molar-refractivity contribution in [3.63, 3.8) is 0 Å². The fraction of sp³-hybridized carbons (Fsp3) is 0.222. The van der Waals surface area contributed by atoms with E-state index in [0.29, 0.717) is 30.1 Å². The summed E-state index contributed by atoms with van der Waals surface area (Å²) in [5.41, 5.74) is 1.32. The maximum absolute atomic E-state index is 12.4. The summed E-state index contributed by atoms with van der Waals surface area (Å²) in [6.07, 6.45) is 4.83. The fourth-order valence-electron chi connectivity index (χ4n) is 2.60. The molecule has 2 rings (SSSR count). The first-order valence-corrected chi connectivity index (χ1v) is 10.9. The van der Waals surface area contributed by atoms with Gasteiger partial charge in [0.25, 0.3) is 0 Å². The van der Waals surface area contributed by atoms with Crippen LogP contribution in [0, 0.1) is 0 Å². The maximum atomic E-state index is 12.4. The summed E-state index contributed by atoms with van der Waals surface area (Å²) >= 11 is 0. The molecule has 0 saturated heterocycles. The van der Waals surface area contributed by atoms with E-state index < -0.39 is 18.5 Å². The predicted molar refractivity (Wildman–Crippen MR) is 130 cm³/mol. The monoisotopic (exact) mass is 480 g/mol. The van der Waals surface area contributed by atoms with Crippen LogP contribution in [0.3, 0.4) is 0 Å². The van der Waals surface area contributed by atoms with Gasteiger partial charge in [0.05, 0.1) is 25.4 Å². The van der Waals surface area contributed by atoms with Crippen LogP contribution in [0.1, 0.15) is 22.3 Å².